The van der Waals surface area contributed by atoms with E-state index in [-0.39, 0.29) is 61.7 Å². The van der Waals surface area contributed by atoms with Crippen LogP contribution in [0.5, 0.6) is 28.7 Å². The molecule has 8 aromatic carbocycles. The average Bonchev–Trinajstić information content (AvgIpc) is 1.63. The molecule has 0 aliphatic carbocycles. The Kier molecular flexibility index (Phi) is 64.4. The molecule has 0 spiro atoms. The van der Waals surface area contributed by atoms with Crippen LogP contribution in [0.4, 0.5) is 11.4 Å². The second-order valence-corrected chi connectivity index (χ2v) is 33.2. The molecule has 0 fully saturated rings. The van der Waals surface area contributed by atoms with Gasteiger partial charge in [0, 0.05) is 73.9 Å². The highest BCUT2D eigenvalue weighted by molar-refractivity contribution is 6.70. The predicted molar refractivity (Wildman–Crippen MR) is 551 cm³/mol. The van der Waals surface area contributed by atoms with Crippen molar-refractivity contribution in [2.45, 2.75) is 217 Å². The third kappa shape index (κ3) is 45.2. The zero-order valence-corrected chi connectivity index (χ0v) is 83.6. The van der Waals surface area contributed by atoms with E-state index in [1.165, 1.54) is 94.9 Å². The minimum Gasteiger partial charge on any atom is -0.492 e. The van der Waals surface area contributed by atoms with Gasteiger partial charge in [-0.25, -0.2) is 15.6 Å². The van der Waals surface area contributed by atoms with Gasteiger partial charge in [-0.2, -0.15) is 15.0 Å². The largest absolute Gasteiger partial charge is 0.492 e. The average molecular weight is 2070 g/mol. The van der Waals surface area contributed by atoms with Gasteiger partial charge in [-0.05, 0) is 208 Å². The number of hydrogen-bond donors (Lipinski definition) is 6. The minimum absolute atomic E-state index is 0. The second kappa shape index (κ2) is 71.6. The number of nitrogens with zero attached hydrogens (tertiary/aromatic N) is 9. The van der Waals surface area contributed by atoms with Crippen molar-refractivity contribution in [3.8, 4) is 97.3 Å². The molecule has 8 N–H and O–H groups in total. The topological polar surface area (TPSA) is 368 Å². The number of aliphatic hydroxyl groups excluding tert-OH is 2. The fourth-order valence-corrected chi connectivity index (χ4v) is 13.6. The van der Waals surface area contributed by atoms with E-state index in [1.807, 2.05) is 36.4 Å². The molecule has 26 nitrogen and oxygen atoms in total. The van der Waals surface area contributed by atoms with Gasteiger partial charge in [0.2, 0.25) is 17.5 Å². The van der Waals surface area contributed by atoms with Gasteiger partial charge in [-0.1, -0.05) is 292 Å². The number of benzene rings is 8. The molecule has 11 rings (SSSR count). The van der Waals surface area contributed by atoms with Gasteiger partial charge in [0.05, 0.1) is 76.3 Å². The molecule has 0 atom stereocenters. The molecule has 3 aromatic heterocycles. The van der Waals surface area contributed by atoms with Crippen LogP contribution >= 0.6 is 116 Å². The number of aliphatic hydroxyl groups is 2. The SMILES string of the molecule is C.C.CCCCCCO.CCCCCCOc1ccc(-c2noc(-c3cc(-c4nc(-c5ccc(OCCCCCC)c(Cl)c5)no4)cc(-c4nc(-c5ccc(OCCCCCC)c(Cl)c5)no4)c3)n2)cc1Cl.CCCCCCOc1ccc(C(N)=NO)cc1Cl.CCO.NO.O=C(Cl)c1cc(C(=O)Cl)cc(C(=O)Cl)c1.[C-]#[N+]c1ccc(Cl)c(Cl)c1.[C-]#[N+]c1ccc(OCCCCCC)c(Cl)c1. The maximum atomic E-state index is 10.9. The summed E-state index contributed by atoms with van der Waals surface area (Å²) in [6.07, 6.45) is 27.2. The number of hydrogen-bond acceptors (Lipinski definition) is 23. The molecular formula is C100H123Cl10N11O15. The van der Waals surface area contributed by atoms with Gasteiger partial charge in [0.1, 0.15) is 28.7 Å². The molecule has 0 bridgehead atoms. The molecule has 36 heteroatoms. The molecule has 11 aromatic rings. The van der Waals surface area contributed by atoms with E-state index in [1.54, 1.807) is 91.9 Å². The third-order valence-electron chi connectivity index (χ3n) is 18.8. The lowest BCUT2D eigenvalue weighted by molar-refractivity contribution is 0.108. The van der Waals surface area contributed by atoms with Gasteiger partial charge in [-0.3, -0.25) is 14.4 Å². The molecule has 3 heterocycles. The summed E-state index contributed by atoms with van der Waals surface area (Å²) in [5, 5.41) is 47.5. The van der Waals surface area contributed by atoms with E-state index in [9.17, 15) is 14.4 Å². The number of unbranched alkanes of at least 4 members (excludes halogenated alkanes) is 18. The van der Waals surface area contributed by atoms with Crippen molar-refractivity contribution in [2.75, 3.05) is 46.2 Å². The zero-order chi connectivity index (χ0) is 98.5. The molecule has 738 valence electrons. The first-order chi connectivity index (χ1) is 64.8. The van der Waals surface area contributed by atoms with Crippen LogP contribution in [-0.4, -0.2) is 119 Å². The summed E-state index contributed by atoms with van der Waals surface area (Å²) in [5.41, 5.74) is 10.6. The number of aromatic nitrogens is 6. The highest BCUT2D eigenvalue weighted by atomic mass is 35.5. The maximum Gasteiger partial charge on any atom is 0.258 e. The summed E-state index contributed by atoms with van der Waals surface area (Å²) in [6, 6.07) is 40.2. The van der Waals surface area contributed by atoms with Crippen LogP contribution < -0.4 is 35.3 Å². The lowest BCUT2D eigenvalue weighted by Crippen LogP contribution is -2.13. The Morgan fingerprint density at radius 3 is 0.860 bits per heavy atom. The first kappa shape index (κ1) is 122. The summed E-state index contributed by atoms with van der Waals surface area (Å²) >= 11 is 58.8. The molecular weight excluding hydrogens is 1950 g/mol. The van der Waals surface area contributed by atoms with Crippen molar-refractivity contribution in [3.63, 3.8) is 0 Å². The Morgan fingerprint density at radius 1 is 0.346 bits per heavy atom. The molecule has 0 aliphatic rings. The summed E-state index contributed by atoms with van der Waals surface area (Å²) in [6.45, 7) is 31.9. The Balaban J connectivity index is 0.000000687. The van der Waals surface area contributed by atoms with Crippen molar-refractivity contribution in [1.82, 2.24) is 30.4 Å². The van der Waals surface area contributed by atoms with Crippen LogP contribution in [0.1, 0.15) is 254 Å². The first-order valence-corrected chi connectivity index (χ1v) is 47.8. The molecule has 0 unspecified atom stereocenters. The van der Waals surface area contributed by atoms with Gasteiger partial charge >= 0.3 is 0 Å². The summed E-state index contributed by atoms with van der Waals surface area (Å²) in [4.78, 5) is 53.2. The van der Waals surface area contributed by atoms with Crippen molar-refractivity contribution < 1.29 is 72.3 Å². The Labute approximate surface area is 848 Å². The smallest absolute Gasteiger partial charge is 0.258 e. The number of oxime groups is 1. The predicted octanol–water partition coefficient (Wildman–Crippen LogP) is 31.5. The molecule has 0 radical (unpaired) electrons. The van der Waals surface area contributed by atoms with E-state index in [0.29, 0.717) is 171 Å². The number of amidine groups is 1. The van der Waals surface area contributed by atoms with Crippen LogP contribution in [0, 0.1) is 13.1 Å². The Hall–Kier alpha value is -9.82. The van der Waals surface area contributed by atoms with E-state index in [4.69, 9.17) is 208 Å². The zero-order valence-electron chi connectivity index (χ0n) is 76.0. The van der Waals surface area contributed by atoms with Crippen molar-refractivity contribution in [3.05, 3.63) is 226 Å². The van der Waals surface area contributed by atoms with Crippen LogP contribution in [0.15, 0.2) is 164 Å². The molecule has 0 saturated carbocycles. The molecule has 0 amide bonds. The van der Waals surface area contributed by atoms with Crippen molar-refractivity contribution >= 4 is 149 Å². The molecule has 0 saturated heterocycles. The second-order valence-electron chi connectivity index (χ2n) is 29.3. The highest BCUT2D eigenvalue weighted by Crippen LogP contribution is 2.39. The monoisotopic (exact) mass is 2070 g/mol. The molecule has 0 aliphatic heterocycles. The van der Waals surface area contributed by atoms with E-state index >= 15 is 0 Å². The quantitative estimate of drug-likeness (QED) is 0.00393. The lowest BCUT2D eigenvalue weighted by atomic mass is 10.0. The fourth-order valence-electron chi connectivity index (χ4n) is 11.8. The van der Waals surface area contributed by atoms with Crippen LogP contribution in [0.3, 0.4) is 0 Å². The summed E-state index contributed by atoms with van der Waals surface area (Å²) < 4.78 is 46.4. The third-order valence-corrected chi connectivity index (χ3v) is 21.7. The van der Waals surface area contributed by atoms with Crippen LogP contribution in [0.25, 0.3) is 78.2 Å². The Bertz CT molecular complexity index is 5090. The number of rotatable bonds is 44. The van der Waals surface area contributed by atoms with Crippen LogP contribution in [0.2, 0.25) is 35.2 Å². The van der Waals surface area contributed by atoms with E-state index < -0.39 is 15.7 Å². The number of nitrogens with two attached hydrogens (primary N) is 2. The fraction of sp³-hybridized carbons (Fsp3) is 0.400. The summed E-state index contributed by atoms with van der Waals surface area (Å²) in [7, 11) is 0. The lowest BCUT2D eigenvalue weighted by Gasteiger charge is -2.09. The van der Waals surface area contributed by atoms with Crippen molar-refractivity contribution in [1.29, 1.82) is 0 Å². The normalized spacial score (nSPS) is 10.3. The van der Waals surface area contributed by atoms with Gasteiger partial charge in [0.15, 0.2) is 17.2 Å². The maximum absolute atomic E-state index is 10.9. The summed E-state index contributed by atoms with van der Waals surface area (Å²) in [5.74, 6) is 8.30. The van der Waals surface area contributed by atoms with Gasteiger partial charge < -0.3 is 63.6 Å². The minimum atomic E-state index is -0.797. The van der Waals surface area contributed by atoms with Gasteiger partial charge in [-0.15, -0.1) is 0 Å². The van der Waals surface area contributed by atoms with E-state index in [0.717, 1.165) is 83.5 Å². The van der Waals surface area contributed by atoms with Gasteiger partial charge in [0.25, 0.3) is 33.4 Å². The van der Waals surface area contributed by atoms with Crippen LogP contribution in [-0.2, 0) is 0 Å². The van der Waals surface area contributed by atoms with E-state index in [2.05, 4.69) is 77.8 Å². The Morgan fingerprint density at radius 2 is 0.610 bits per heavy atom. The number of carbonyl (C=O) groups is 3. The highest BCUT2D eigenvalue weighted by Gasteiger charge is 2.23. The van der Waals surface area contributed by atoms with Crippen molar-refractivity contribution in [2.24, 2.45) is 16.8 Å². The number of ether oxygens (including phenoxy) is 5. The molecule has 136 heavy (non-hydrogen) atoms. The standard InChI is InChI=1S/C48H51Cl3N6O6.C13H19ClN2O2.C13H16ClNO.C9H3Cl3O3.C7H3Cl2N.C6H14O.C2H6O.2CH4.H3NO/c1-4-7-10-13-22-58-40-19-16-31(28-37(40)49)43-52-46(61-55-43)34-25-35(47-53-44(56-62-47)32-17-20-41(38(50)29-32)59-23-14-11-8-5-2)27-36(26-34)48-54-45(57-63-48)33-18-21-42(39(51)30-33)60-24-15-12-9-6-3;1-2-3-4-5-8-18-12-7-6-10(9-11(12)14)13(15)16-17;1-3-4-5-6-9-16-13-8-7-11(15-2)10-12(13)14;10-7(13)4-1-5(8(11)14)3-6(2-4)9(12)15;1-10-5-2-3-6(8)7(9)4-5;1-2-3-4-5-6-7;1-2-3;;;1-2/h16-21,25-30H,4-15,22-24H2,1-3H3;6-7,9,17H,2-5,8H2,1H3,(H2,15,16);7-8,10H,3-6,9H2,1H3;1-3H;2-4H;7H,2-6H2,1H3;3H,2H2,1H3;2*1H4;2H,1H2. The number of carbonyl (C=O) groups excluding carboxylic acids is 3. The number of halogens is 10. The first-order valence-electron chi connectivity index (χ1n) is 44.0.